The maximum absolute atomic E-state index is 13.6. The zero-order valence-electron chi connectivity index (χ0n) is 19.1. The van der Waals surface area contributed by atoms with Crippen molar-refractivity contribution in [2.24, 2.45) is 0 Å². The van der Waals surface area contributed by atoms with Gasteiger partial charge in [0.1, 0.15) is 5.82 Å². The quantitative estimate of drug-likeness (QED) is 0.257. The maximum Gasteiger partial charge on any atom is 0.328 e. The van der Waals surface area contributed by atoms with Crippen LogP contribution in [0.4, 0.5) is 16.0 Å². The number of hydrogen-bond donors (Lipinski definition) is 2. The molecule has 5 rings (SSSR count). The van der Waals surface area contributed by atoms with Crippen LogP contribution < -0.4 is 5.32 Å². The molecule has 37 heavy (non-hydrogen) atoms. The zero-order chi connectivity index (χ0) is 25.8. The van der Waals surface area contributed by atoms with E-state index in [9.17, 15) is 9.18 Å². The Balaban J connectivity index is 1.59. The molecule has 0 bridgehead atoms. The summed E-state index contributed by atoms with van der Waals surface area (Å²) in [6, 6.07) is 15.3. The van der Waals surface area contributed by atoms with Crippen molar-refractivity contribution in [2.45, 2.75) is 0 Å². The predicted molar refractivity (Wildman–Crippen MR) is 139 cm³/mol. The Labute approximate surface area is 215 Å². The Morgan fingerprint density at radius 2 is 1.86 bits per heavy atom. The van der Waals surface area contributed by atoms with Crippen LogP contribution >= 0.6 is 11.6 Å². The molecule has 0 saturated heterocycles. The molecule has 0 unspecified atom stereocenters. The van der Waals surface area contributed by atoms with Crippen molar-refractivity contribution < 1.29 is 14.3 Å². The number of carbonyl (C=O) groups is 1. The number of nitrogens with zero attached hydrogens (tertiary/aromatic N) is 5. The monoisotopic (exact) mass is 512 g/mol. The largest absolute Gasteiger partial charge is 0.478 e. The first-order chi connectivity index (χ1) is 18.0. The van der Waals surface area contributed by atoms with Crippen LogP contribution in [-0.4, -0.2) is 35.8 Å². The van der Waals surface area contributed by atoms with Gasteiger partial charge in [0, 0.05) is 47.7 Å². The molecule has 0 amide bonds. The molecule has 0 fully saturated rings. The van der Waals surface area contributed by atoms with E-state index in [1.165, 1.54) is 24.3 Å². The van der Waals surface area contributed by atoms with Gasteiger partial charge in [-0.2, -0.15) is 10.1 Å². The van der Waals surface area contributed by atoms with Crippen LogP contribution in [0.2, 0.25) is 5.02 Å². The molecule has 0 atom stereocenters. The number of halogens is 2. The number of carboxylic acid groups (broad SMARTS) is 1. The number of rotatable bonds is 7. The number of aromatic nitrogens is 5. The van der Waals surface area contributed by atoms with Gasteiger partial charge in [-0.3, -0.25) is 4.98 Å². The van der Waals surface area contributed by atoms with E-state index in [4.69, 9.17) is 21.7 Å². The number of carboxylic acids is 1. The topological polar surface area (TPSA) is 106 Å². The fraction of sp³-hybridized carbons (Fsp3) is 0. The summed E-state index contributed by atoms with van der Waals surface area (Å²) in [6.45, 7) is 0. The van der Waals surface area contributed by atoms with Crippen LogP contribution in [0.5, 0.6) is 0 Å². The fourth-order valence-electron chi connectivity index (χ4n) is 3.62. The standard InChI is InChI=1S/C27H18ClFN6O2/c28-23-13-21(5-6-24(23)29)33-27-31-15-22(19-3-1-2-17(12-19)4-7-25(36)37)26(34-27)35-16-20(14-32-35)18-8-10-30-11-9-18/h1-16H,(H,36,37)(H,31,33,34). The van der Waals surface area contributed by atoms with Crippen molar-refractivity contribution in [2.75, 3.05) is 5.32 Å². The van der Waals surface area contributed by atoms with Gasteiger partial charge in [0.25, 0.3) is 0 Å². The Bertz CT molecular complexity index is 1620. The van der Waals surface area contributed by atoms with Crippen molar-refractivity contribution in [3.63, 3.8) is 0 Å². The highest BCUT2D eigenvalue weighted by Gasteiger charge is 2.15. The van der Waals surface area contributed by atoms with Gasteiger partial charge < -0.3 is 10.4 Å². The molecule has 5 aromatic rings. The molecule has 10 heteroatoms. The summed E-state index contributed by atoms with van der Waals surface area (Å²) in [5.41, 5.74) is 4.45. The van der Waals surface area contributed by atoms with E-state index in [0.29, 0.717) is 22.6 Å². The normalized spacial score (nSPS) is 11.1. The summed E-state index contributed by atoms with van der Waals surface area (Å²) in [5, 5.41) is 16.5. The number of hydrogen-bond acceptors (Lipinski definition) is 6. The first-order valence-electron chi connectivity index (χ1n) is 11.0. The third-order valence-corrected chi connectivity index (χ3v) is 5.66. The van der Waals surface area contributed by atoms with Crippen LogP contribution in [0.3, 0.4) is 0 Å². The average molecular weight is 513 g/mol. The van der Waals surface area contributed by atoms with Crippen molar-refractivity contribution in [3.05, 3.63) is 108 Å². The van der Waals surface area contributed by atoms with Gasteiger partial charge in [0.15, 0.2) is 5.82 Å². The lowest BCUT2D eigenvalue weighted by atomic mass is 10.0. The van der Waals surface area contributed by atoms with Crippen molar-refractivity contribution >= 4 is 35.3 Å². The lowest BCUT2D eigenvalue weighted by Gasteiger charge is -2.12. The molecule has 0 aliphatic heterocycles. The SMILES string of the molecule is O=C(O)C=Cc1cccc(-c2cnc(Nc3ccc(F)c(Cl)c3)nc2-n2cc(-c3ccncc3)cn2)c1. The minimum absolute atomic E-state index is 0.0258. The van der Waals surface area contributed by atoms with Gasteiger partial charge >= 0.3 is 5.97 Å². The molecule has 0 aliphatic carbocycles. The smallest absolute Gasteiger partial charge is 0.328 e. The van der Waals surface area contributed by atoms with Crippen molar-refractivity contribution in [1.29, 1.82) is 0 Å². The molecule has 2 aromatic carbocycles. The summed E-state index contributed by atoms with van der Waals surface area (Å²) < 4.78 is 15.2. The number of anilines is 2. The molecule has 8 nitrogen and oxygen atoms in total. The molecule has 3 heterocycles. The maximum atomic E-state index is 13.6. The lowest BCUT2D eigenvalue weighted by molar-refractivity contribution is -0.131. The Kier molecular flexibility index (Phi) is 6.69. The first kappa shape index (κ1) is 23.8. The number of aliphatic carboxylic acids is 1. The first-order valence-corrected chi connectivity index (χ1v) is 11.4. The van der Waals surface area contributed by atoms with Gasteiger partial charge in [-0.15, -0.1) is 0 Å². The third kappa shape index (κ3) is 5.52. The van der Waals surface area contributed by atoms with Crippen LogP contribution in [0.1, 0.15) is 5.56 Å². The number of benzene rings is 2. The summed E-state index contributed by atoms with van der Waals surface area (Å²) in [5.74, 6) is -0.832. The molecule has 0 aliphatic rings. The summed E-state index contributed by atoms with van der Waals surface area (Å²) in [6.07, 6.45) is 11.2. The summed E-state index contributed by atoms with van der Waals surface area (Å²) >= 11 is 5.92. The fourth-order valence-corrected chi connectivity index (χ4v) is 3.80. The Morgan fingerprint density at radius 1 is 1.03 bits per heavy atom. The van der Waals surface area contributed by atoms with Gasteiger partial charge in [-0.05, 0) is 59.2 Å². The Hall–Kier alpha value is -4.89. The zero-order valence-corrected chi connectivity index (χ0v) is 19.8. The lowest BCUT2D eigenvalue weighted by Crippen LogP contribution is -2.06. The minimum Gasteiger partial charge on any atom is -0.478 e. The van der Waals surface area contributed by atoms with Crippen LogP contribution in [0, 0.1) is 5.82 Å². The van der Waals surface area contributed by atoms with E-state index >= 15 is 0 Å². The van der Waals surface area contributed by atoms with Gasteiger partial charge in [0.05, 0.1) is 11.2 Å². The molecule has 2 N–H and O–H groups in total. The summed E-state index contributed by atoms with van der Waals surface area (Å²) in [7, 11) is 0. The average Bonchev–Trinajstić information content (AvgIpc) is 3.41. The van der Waals surface area contributed by atoms with Gasteiger partial charge in [-0.1, -0.05) is 29.8 Å². The van der Waals surface area contributed by atoms with E-state index in [1.807, 2.05) is 36.5 Å². The van der Waals surface area contributed by atoms with Gasteiger partial charge in [0.2, 0.25) is 5.95 Å². The molecule has 0 spiro atoms. The highest BCUT2D eigenvalue weighted by Crippen LogP contribution is 2.29. The third-order valence-electron chi connectivity index (χ3n) is 5.37. The van der Waals surface area contributed by atoms with E-state index in [-0.39, 0.29) is 11.0 Å². The highest BCUT2D eigenvalue weighted by atomic mass is 35.5. The predicted octanol–water partition coefficient (Wildman–Crippen LogP) is 6.03. The highest BCUT2D eigenvalue weighted by molar-refractivity contribution is 6.31. The van der Waals surface area contributed by atoms with Crippen LogP contribution in [-0.2, 0) is 4.79 Å². The van der Waals surface area contributed by atoms with Crippen LogP contribution in [0.15, 0.2) is 91.7 Å². The van der Waals surface area contributed by atoms with E-state index in [2.05, 4.69) is 20.4 Å². The Morgan fingerprint density at radius 3 is 2.65 bits per heavy atom. The molecule has 0 saturated carbocycles. The second-order valence-corrected chi connectivity index (χ2v) is 8.30. The van der Waals surface area contributed by atoms with E-state index in [0.717, 1.165) is 22.8 Å². The molecule has 182 valence electrons. The van der Waals surface area contributed by atoms with E-state index < -0.39 is 11.8 Å². The van der Waals surface area contributed by atoms with Crippen LogP contribution in [0.25, 0.3) is 34.1 Å². The second kappa shape index (κ2) is 10.4. The molecular formula is C27H18ClFN6O2. The minimum atomic E-state index is -1.04. The van der Waals surface area contributed by atoms with E-state index in [1.54, 1.807) is 35.5 Å². The summed E-state index contributed by atoms with van der Waals surface area (Å²) in [4.78, 5) is 24.1. The van der Waals surface area contributed by atoms with Crippen molar-refractivity contribution in [1.82, 2.24) is 24.7 Å². The molecule has 0 radical (unpaired) electrons. The van der Waals surface area contributed by atoms with Gasteiger partial charge in [-0.25, -0.2) is 18.9 Å². The number of pyridine rings is 1. The second-order valence-electron chi connectivity index (χ2n) is 7.89. The van der Waals surface area contributed by atoms with Crippen molar-refractivity contribution in [3.8, 4) is 28.1 Å². The molecule has 3 aromatic heterocycles. The number of nitrogens with one attached hydrogen (secondary N) is 1. The molecular weight excluding hydrogens is 495 g/mol.